The van der Waals surface area contributed by atoms with Crippen molar-refractivity contribution in [2.45, 2.75) is 19.9 Å². The zero-order chi connectivity index (χ0) is 21.5. The van der Waals surface area contributed by atoms with Gasteiger partial charge in [-0.3, -0.25) is 14.5 Å². The Morgan fingerprint density at radius 3 is 2.53 bits per heavy atom. The topological polar surface area (TPSA) is 49.9 Å². The van der Waals surface area contributed by atoms with E-state index in [0.717, 1.165) is 55.7 Å². The zero-order valence-corrected chi connectivity index (χ0v) is 19.0. The van der Waals surface area contributed by atoms with Crippen molar-refractivity contribution >= 4 is 22.7 Å². The first kappa shape index (κ1) is 22.8. The van der Waals surface area contributed by atoms with E-state index in [1.165, 1.54) is 12.5 Å². The highest BCUT2D eigenvalue weighted by atomic mass is 32.2. The number of rotatable bonds is 12. The van der Waals surface area contributed by atoms with Crippen molar-refractivity contribution in [2.75, 3.05) is 46.1 Å². The molecule has 6 heteroatoms. The zero-order valence-electron chi connectivity index (χ0n) is 18.2. The predicted molar refractivity (Wildman–Crippen MR) is 122 cm³/mol. The largest absolute Gasteiger partial charge is 0.496 e. The molecule has 2 aliphatic rings. The lowest BCUT2D eigenvalue weighted by atomic mass is 10.0. The highest BCUT2D eigenvalue weighted by Crippen LogP contribution is 2.51. The fraction of sp³-hybridized carbons (Fsp3) is 0.500. The smallest absolute Gasteiger partial charge is 0.186 e. The summed E-state index contributed by atoms with van der Waals surface area (Å²) in [7, 11) is 4.19. The Morgan fingerprint density at radius 1 is 1.07 bits per heavy atom. The summed E-state index contributed by atoms with van der Waals surface area (Å²) >= 11 is 1.09. The maximum Gasteiger partial charge on any atom is 0.186 e. The standard InChI is InChI=1S/C24H32N2O3S/c1-18(27)30-17-23(28)20-9-10-24(22-15-21(20)22)29-14-13-26(12-11-25(2)3)16-19-7-5-4-6-8-19/h4-10,21-22H,11-17H2,1-3H3. The summed E-state index contributed by atoms with van der Waals surface area (Å²) in [5.41, 5.74) is 2.17. The van der Waals surface area contributed by atoms with Gasteiger partial charge in [0.25, 0.3) is 0 Å². The van der Waals surface area contributed by atoms with Gasteiger partial charge in [0.1, 0.15) is 6.61 Å². The van der Waals surface area contributed by atoms with Crippen LogP contribution in [-0.4, -0.2) is 66.8 Å². The Labute approximate surface area is 184 Å². The number of likely N-dealkylation sites (N-methyl/N-ethyl adjacent to an activating group) is 1. The second-order valence-corrected chi connectivity index (χ2v) is 9.41. The van der Waals surface area contributed by atoms with Gasteiger partial charge >= 0.3 is 0 Å². The highest BCUT2D eigenvalue weighted by Gasteiger charge is 2.47. The maximum absolute atomic E-state index is 12.3. The van der Waals surface area contributed by atoms with E-state index in [1.807, 2.05) is 18.2 Å². The molecular weight excluding hydrogens is 396 g/mol. The monoisotopic (exact) mass is 428 g/mol. The van der Waals surface area contributed by atoms with E-state index in [2.05, 4.69) is 48.2 Å². The first-order valence-electron chi connectivity index (χ1n) is 10.6. The molecule has 30 heavy (non-hydrogen) atoms. The van der Waals surface area contributed by atoms with Crippen LogP contribution in [0.4, 0.5) is 0 Å². The SMILES string of the molecule is CC(=O)SCC(=O)C1=CC=C(OCCN(CCN(C)C)Cc2ccccc2)C2CC12. The van der Waals surface area contributed by atoms with Gasteiger partial charge in [-0.25, -0.2) is 0 Å². The average molecular weight is 429 g/mol. The van der Waals surface area contributed by atoms with Crippen molar-refractivity contribution in [3.63, 3.8) is 0 Å². The van der Waals surface area contributed by atoms with Crippen molar-refractivity contribution in [1.29, 1.82) is 0 Å². The summed E-state index contributed by atoms with van der Waals surface area (Å²) in [6, 6.07) is 10.5. The van der Waals surface area contributed by atoms with E-state index in [4.69, 9.17) is 4.74 Å². The average Bonchev–Trinajstić information content (AvgIpc) is 3.52. The van der Waals surface area contributed by atoms with Gasteiger partial charge in [0.15, 0.2) is 10.9 Å². The number of Topliss-reactive ketones (excluding diaryl/α,β-unsaturated/α-hetero) is 1. The number of allylic oxidation sites excluding steroid dienone is 4. The van der Waals surface area contributed by atoms with Crippen LogP contribution in [0.25, 0.3) is 0 Å². The number of benzene rings is 1. The fourth-order valence-electron chi connectivity index (χ4n) is 3.72. The quantitative estimate of drug-likeness (QED) is 0.509. The first-order valence-corrected chi connectivity index (χ1v) is 11.5. The molecule has 2 aliphatic carbocycles. The number of hydrogen-bond acceptors (Lipinski definition) is 6. The van der Waals surface area contributed by atoms with Crippen LogP contribution < -0.4 is 0 Å². The van der Waals surface area contributed by atoms with Gasteiger partial charge in [0.05, 0.1) is 11.5 Å². The van der Waals surface area contributed by atoms with Crippen LogP contribution in [-0.2, 0) is 20.9 Å². The van der Waals surface area contributed by atoms with E-state index < -0.39 is 0 Å². The van der Waals surface area contributed by atoms with Gasteiger partial charge in [0.2, 0.25) is 0 Å². The summed E-state index contributed by atoms with van der Waals surface area (Å²) in [5, 5.41) is -0.0130. The van der Waals surface area contributed by atoms with Gasteiger partial charge < -0.3 is 9.64 Å². The number of hydrogen-bond donors (Lipinski definition) is 0. The van der Waals surface area contributed by atoms with Crippen molar-refractivity contribution in [1.82, 2.24) is 9.80 Å². The van der Waals surface area contributed by atoms with Crippen LogP contribution in [0.15, 0.2) is 53.8 Å². The van der Waals surface area contributed by atoms with Crippen LogP contribution in [0.1, 0.15) is 18.9 Å². The predicted octanol–water partition coefficient (Wildman–Crippen LogP) is 3.38. The Balaban J connectivity index is 1.51. The van der Waals surface area contributed by atoms with E-state index >= 15 is 0 Å². The lowest BCUT2D eigenvalue weighted by Gasteiger charge is -2.25. The van der Waals surface area contributed by atoms with Crippen LogP contribution >= 0.6 is 11.8 Å². The third-order valence-corrected chi connectivity index (χ3v) is 6.31. The van der Waals surface area contributed by atoms with Crippen LogP contribution in [0.5, 0.6) is 0 Å². The molecule has 1 aromatic carbocycles. The number of nitrogens with zero attached hydrogens (tertiary/aromatic N) is 2. The minimum atomic E-state index is -0.0130. The number of fused-ring (bicyclic) bond motifs is 1. The molecule has 5 nitrogen and oxygen atoms in total. The number of ether oxygens (including phenoxy) is 1. The Morgan fingerprint density at radius 2 is 1.83 bits per heavy atom. The second kappa shape index (κ2) is 10.9. The van der Waals surface area contributed by atoms with E-state index in [0.29, 0.717) is 12.5 Å². The molecule has 0 bridgehead atoms. The number of carbonyl (C=O) groups is 2. The Hall–Kier alpha value is -1.89. The summed E-state index contributed by atoms with van der Waals surface area (Å²) < 4.78 is 6.13. The van der Waals surface area contributed by atoms with Crippen LogP contribution in [0, 0.1) is 11.8 Å². The molecule has 2 atom stereocenters. The summed E-state index contributed by atoms with van der Waals surface area (Å²) in [5.74, 6) is 1.94. The lowest BCUT2D eigenvalue weighted by Crippen LogP contribution is -2.34. The van der Waals surface area contributed by atoms with Crippen molar-refractivity contribution < 1.29 is 14.3 Å². The van der Waals surface area contributed by atoms with E-state index in [1.54, 1.807) is 0 Å². The molecule has 0 heterocycles. The second-order valence-electron chi connectivity index (χ2n) is 8.26. The minimum absolute atomic E-state index is 0.0130. The number of ketones is 1. The minimum Gasteiger partial charge on any atom is -0.496 e. The number of thioether (sulfide) groups is 1. The maximum atomic E-state index is 12.3. The van der Waals surface area contributed by atoms with E-state index in [9.17, 15) is 9.59 Å². The molecule has 1 aromatic rings. The molecule has 0 N–H and O–H groups in total. The van der Waals surface area contributed by atoms with Crippen molar-refractivity contribution in [3.05, 3.63) is 59.4 Å². The molecule has 0 aromatic heterocycles. The molecule has 0 radical (unpaired) electrons. The molecule has 162 valence electrons. The van der Waals surface area contributed by atoms with Crippen LogP contribution in [0.2, 0.25) is 0 Å². The third kappa shape index (κ3) is 6.83. The van der Waals surface area contributed by atoms with Crippen molar-refractivity contribution in [2.24, 2.45) is 11.8 Å². The molecule has 1 fully saturated rings. The first-order chi connectivity index (χ1) is 14.4. The van der Waals surface area contributed by atoms with Gasteiger partial charge in [-0.2, -0.15) is 0 Å². The van der Waals surface area contributed by atoms with E-state index in [-0.39, 0.29) is 22.6 Å². The van der Waals surface area contributed by atoms with Crippen molar-refractivity contribution in [3.8, 4) is 0 Å². The number of carbonyl (C=O) groups excluding carboxylic acids is 2. The summed E-state index contributed by atoms with van der Waals surface area (Å²) in [6.45, 7) is 5.92. The molecule has 2 unspecified atom stereocenters. The van der Waals surface area contributed by atoms with Gasteiger partial charge in [-0.05, 0) is 43.6 Å². The Bertz CT molecular complexity index is 804. The molecule has 0 spiro atoms. The normalized spacial score (nSPS) is 19.9. The molecule has 3 rings (SSSR count). The van der Waals surface area contributed by atoms with Gasteiger partial charge in [-0.1, -0.05) is 48.2 Å². The van der Waals surface area contributed by atoms with Gasteiger partial charge in [0, 0.05) is 39.0 Å². The molecule has 0 aliphatic heterocycles. The molecule has 0 amide bonds. The molecule has 1 saturated carbocycles. The highest BCUT2D eigenvalue weighted by molar-refractivity contribution is 8.14. The lowest BCUT2D eigenvalue weighted by molar-refractivity contribution is -0.114. The van der Waals surface area contributed by atoms with Crippen LogP contribution in [0.3, 0.4) is 0 Å². The van der Waals surface area contributed by atoms with Gasteiger partial charge in [-0.15, -0.1) is 0 Å². The molecular formula is C24H32N2O3S. The Kier molecular flexibility index (Phi) is 8.31. The fourth-order valence-corrected chi connectivity index (χ4v) is 4.22. The summed E-state index contributed by atoms with van der Waals surface area (Å²) in [4.78, 5) is 28.1. The summed E-state index contributed by atoms with van der Waals surface area (Å²) in [6.07, 6.45) is 4.84. The molecule has 0 saturated heterocycles. The third-order valence-electron chi connectivity index (χ3n) is 5.50.